The maximum absolute atomic E-state index is 3.91. The SMILES string of the molecule is Brc1csc2c(-c3ccccc3)c(-c3ccc4c(-c5ccccc5)c5ccccc5c(-c5ccccc5)c4c3)c3ccccc3c12. The lowest BCUT2D eigenvalue weighted by Crippen LogP contribution is -1.93. The lowest BCUT2D eigenvalue weighted by Gasteiger charge is -2.20. The summed E-state index contributed by atoms with van der Waals surface area (Å²) in [4.78, 5) is 0. The van der Waals surface area contributed by atoms with Gasteiger partial charge >= 0.3 is 0 Å². The first-order valence-corrected chi connectivity index (χ1v) is 17.2. The van der Waals surface area contributed by atoms with Crippen molar-refractivity contribution in [3.63, 3.8) is 0 Å². The molecule has 0 saturated heterocycles. The van der Waals surface area contributed by atoms with E-state index in [1.165, 1.54) is 86.9 Å². The van der Waals surface area contributed by atoms with Crippen LogP contribution in [0.5, 0.6) is 0 Å². The zero-order valence-electron chi connectivity index (χ0n) is 24.9. The maximum Gasteiger partial charge on any atom is 0.0445 e. The van der Waals surface area contributed by atoms with Gasteiger partial charge in [0.15, 0.2) is 0 Å². The Morgan fingerprint density at radius 3 is 1.35 bits per heavy atom. The smallest absolute Gasteiger partial charge is 0.0445 e. The van der Waals surface area contributed by atoms with E-state index < -0.39 is 0 Å². The van der Waals surface area contributed by atoms with Crippen molar-refractivity contribution in [3.8, 4) is 44.5 Å². The van der Waals surface area contributed by atoms with Crippen molar-refractivity contribution in [2.24, 2.45) is 0 Å². The van der Waals surface area contributed by atoms with Crippen LogP contribution in [0.15, 0.2) is 168 Å². The van der Waals surface area contributed by atoms with Crippen LogP contribution in [0.1, 0.15) is 0 Å². The van der Waals surface area contributed by atoms with Crippen LogP contribution in [0.25, 0.3) is 86.9 Å². The maximum atomic E-state index is 3.91. The first-order chi connectivity index (χ1) is 22.8. The Labute approximate surface area is 280 Å². The van der Waals surface area contributed by atoms with E-state index in [2.05, 4.69) is 179 Å². The third kappa shape index (κ3) is 4.25. The topological polar surface area (TPSA) is 0 Å². The summed E-state index contributed by atoms with van der Waals surface area (Å²) in [6, 6.07) is 57.6. The van der Waals surface area contributed by atoms with Gasteiger partial charge in [-0.1, -0.05) is 152 Å². The third-order valence-corrected chi connectivity index (χ3v) is 11.1. The zero-order valence-corrected chi connectivity index (χ0v) is 27.3. The molecule has 2 heteroatoms. The van der Waals surface area contributed by atoms with E-state index in [0.717, 1.165) is 4.47 Å². The molecule has 9 aromatic rings. The lowest BCUT2D eigenvalue weighted by molar-refractivity contribution is 1.64. The number of rotatable bonds is 4. The van der Waals surface area contributed by atoms with Crippen molar-refractivity contribution in [1.29, 1.82) is 0 Å². The van der Waals surface area contributed by atoms with E-state index in [0.29, 0.717) is 0 Å². The minimum atomic E-state index is 1.15. The van der Waals surface area contributed by atoms with Crippen LogP contribution in [0.2, 0.25) is 0 Å². The zero-order chi connectivity index (χ0) is 30.6. The monoisotopic (exact) mass is 666 g/mol. The molecule has 1 aromatic heterocycles. The molecule has 9 rings (SSSR count). The summed E-state index contributed by atoms with van der Waals surface area (Å²) in [5, 5.41) is 11.1. The summed E-state index contributed by atoms with van der Waals surface area (Å²) >= 11 is 5.72. The first-order valence-electron chi connectivity index (χ1n) is 15.5. The molecule has 0 fully saturated rings. The van der Waals surface area contributed by atoms with Crippen molar-refractivity contribution >= 4 is 69.7 Å². The summed E-state index contributed by atoms with van der Waals surface area (Å²) in [7, 11) is 0. The fraction of sp³-hybridized carbons (Fsp3) is 0. The van der Waals surface area contributed by atoms with Crippen molar-refractivity contribution in [2.45, 2.75) is 0 Å². The molecular weight excluding hydrogens is 640 g/mol. The number of hydrogen-bond acceptors (Lipinski definition) is 1. The highest BCUT2D eigenvalue weighted by Gasteiger charge is 2.22. The molecule has 8 aromatic carbocycles. The largest absolute Gasteiger partial charge is 0.142 e. The van der Waals surface area contributed by atoms with Gasteiger partial charge in [-0.25, -0.2) is 0 Å². The van der Waals surface area contributed by atoms with Crippen molar-refractivity contribution in [1.82, 2.24) is 0 Å². The number of halogens is 1. The van der Waals surface area contributed by atoms with Gasteiger partial charge in [-0.2, -0.15) is 0 Å². The van der Waals surface area contributed by atoms with Gasteiger partial charge in [0.25, 0.3) is 0 Å². The molecule has 0 bridgehead atoms. The van der Waals surface area contributed by atoms with Crippen molar-refractivity contribution in [2.75, 3.05) is 0 Å². The fourth-order valence-electron chi connectivity index (χ4n) is 7.28. The Balaban J connectivity index is 1.48. The molecule has 0 N–H and O–H groups in total. The van der Waals surface area contributed by atoms with Gasteiger partial charge in [-0.3, -0.25) is 0 Å². The number of fused-ring (bicyclic) bond motifs is 5. The summed E-state index contributed by atoms with van der Waals surface area (Å²) in [5.74, 6) is 0. The molecule has 0 spiro atoms. The van der Waals surface area contributed by atoms with Gasteiger partial charge in [0.2, 0.25) is 0 Å². The van der Waals surface area contributed by atoms with E-state index in [9.17, 15) is 0 Å². The van der Waals surface area contributed by atoms with Gasteiger partial charge in [0.1, 0.15) is 0 Å². The van der Waals surface area contributed by atoms with Crippen LogP contribution >= 0.6 is 27.3 Å². The Morgan fingerprint density at radius 1 is 0.348 bits per heavy atom. The van der Waals surface area contributed by atoms with Gasteiger partial charge in [-0.05, 0) is 93.3 Å². The van der Waals surface area contributed by atoms with Crippen molar-refractivity contribution < 1.29 is 0 Å². The Morgan fingerprint density at radius 2 is 0.783 bits per heavy atom. The Bertz CT molecular complexity index is 2560. The van der Waals surface area contributed by atoms with Gasteiger partial charge in [0, 0.05) is 25.5 Å². The average Bonchev–Trinajstić information content (AvgIpc) is 3.52. The number of thiophene rings is 1. The third-order valence-electron chi connectivity index (χ3n) is 9.19. The Hall–Kier alpha value is -5.02. The van der Waals surface area contributed by atoms with E-state index in [1.807, 2.05) is 11.3 Å². The lowest BCUT2D eigenvalue weighted by atomic mass is 9.83. The highest BCUT2D eigenvalue weighted by Crippen LogP contribution is 2.51. The second kappa shape index (κ2) is 11.1. The molecule has 0 aliphatic carbocycles. The van der Waals surface area contributed by atoms with Gasteiger partial charge < -0.3 is 0 Å². The second-order valence-electron chi connectivity index (χ2n) is 11.7. The van der Waals surface area contributed by atoms with E-state index in [4.69, 9.17) is 0 Å². The molecule has 46 heavy (non-hydrogen) atoms. The second-order valence-corrected chi connectivity index (χ2v) is 13.5. The molecular formula is C44H27BrS. The summed E-state index contributed by atoms with van der Waals surface area (Å²) in [5.41, 5.74) is 10.0. The quantitative estimate of drug-likeness (QED) is 0.164. The average molecular weight is 668 g/mol. The minimum absolute atomic E-state index is 1.15. The molecule has 0 amide bonds. The van der Waals surface area contributed by atoms with Crippen LogP contribution in [-0.2, 0) is 0 Å². The summed E-state index contributed by atoms with van der Waals surface area (Å²) < 4.78 is 2.45. The highest BCUT2D eigenvalue weighted by molar-refractivity contribution is 9.10. The Kier molecular flexibility index (Phi) is 6.59. The number of benzene rings is 8. The molecule has 0 aliphatic rings. The molecule has 0 saturated carbocycles. The van der Waals surface area contributed by atoms with Crippen LogP contribution in [-0.4, -0.2) is 0 Å². The number of hydrogen-bond donors (Lipinski definition) is 0. The van der Waals surface area contributed by atoms with E-state index in [1.54, 1.807) is 0 Å². The molecule has 0 radical (unpaired) electrons. The van der Waals surface area contributed by atoms with E-state index in [-0.39, 0.29) is 0 Å². The van der Waals surface area contributed by atoms with Crippen molar-refractivity contribution in [3.05, 3.63) is 168 Å². The summed E-state index contributed by atoms with van der Waals surface area (Å²) in [6.45, 7) is 0. The molecule has 216 valence electrons. The fourth-order valence-corrected chi connectivity index (χ4v) is 9.12. The predicted molar refractivity (Wildman–Crippen MR) is 204 cm³/mol. The molecule has 0 aliphatic heterocycles. The molecule has 0 nitrogen and oxygen atoms in total. The van der Waals surface area contributed by atoms with Crippen LogP contribution in [0.4, 0.5) is 0 Å². The van der Waals surface area contributed by atoms with E-state index >= 15 is 0 Å². The van der Waals surface area contributed by atoms with Crippen LogP contribution in [0, 0.1) is 0 Å². The van der Waals surface area contributed by atoms with Crippen LogP contribution < -0.4 is 0 Å². The predicted octanol–water partition coefficient (Wildman–Crippen LogP) is 13.8. The first kappa shape index (κ1) is 27.3. The van der Waals surface area contributed by atoms with Gasteiger partial charge in [-0.15, -0.1) is 11.3 Å². The normalized spacial score (nSPS) is 11.6. The highest BCUT2D eigenvalue weighted by atomic mass is 79.9. The van der Waals surface area contributed by atoms with Crippen LogP contribution in [0.3, 0.4) is 0 Å². The molecule has 1 heterocycles. The molecule has 0 unspecified atom stereocenters. The van der Waals surface area contributed by atoms with Gasteiger partial charge in [0.05, 0.1) is 0 Å². The summed E-state index contributed by atoms with van der Waals surface area (Å²) in [6.07, 6.45) is 0. The minimum Gasteiger partial charge on any atom is -0.142 e. The standard InChI is InChI=1S/C44H27BrS/c45-38-27-46-44-42(30-18-8-3-9-19-30)41(34-22-12-13-23-35(34)43(38)44)31-24-25-36-37(26-31)40(29-16-6-2-7-17-29)33-21-11-10-20-32(33)39(36)28-14-4-1-5-15-28/h1-27H. The molecule has 0 atom stereocenters.